The van der Waals surface area contributed by atoms with Crippen LogP contribution in [0.3, 0.4) is 0 Å². The van der Waals surface area contributed by atoms with Crippen LogP contribution >= 0.6 is 0 Å². The van der Waals surface area contributed by atoms with Crippen LogP contribution in [0.4, 0.5) is 15.9 Å². The molecule has 2 aromatic heterocycles. The molecule has 1 aromatic carbocycles. The Labute approximate surface area is 258 Å². The number of carbonyl (C=O) groups excluding carboxylic acids is 1. The van der Waals surface area contributed by atoms with Gasteiger partial charge in [0, 0.05) is 61.3 Å². The number of piperazine rings is 1. The molecule has 11 heteroatoms. The topological polar surface area (TPSA) is 82.3 Å². The van der Waals surface area contributed by atoms with E-state index in [1.165, 1.54) is 35.1 Å². The second-order valence-electron chi connectivity index (χ2n) is 12.0. The molecule has 1 amide bonds. The first kappa shape index (κ1) is 29.8. The number of ether oxygens (including phenoxy) is 1. The Bertz CT molecular complexity index is 1600. The molecular weight excluding hydrogens is 559 g/mol. The maximum absolute atomic E-state index is 13.8. The SMILES string of the molecule is [C-]#[N+]C[C@H]1CN(c2nc(OCCN(C)C3CCC3)nc3c2CCN(c2cncc4cccc(C)c24)C3)CCN1C(=O)C(=C)F. The molecule has 6 rings (SSSR count). The van der Waals surface area contributed by atoms with E-state index in [9.17, 15) is 9.18 Å². The average molecular weight is 599 g/mol. The third-order valence-corrected chi connectivity index (χ3v) is 9.29. The molecule has 3 aromatic rings. The van der Waals surface area contributed by atoms with Gasteiger partial charge in [-0.2, -0.15) is 9.97 Å². The van der Waals surface area contributed by atoms with Gasteiger partial charge in [-0.05, 0) is 38.8 Å². The number of likely N-dealkylation sites (N-methyl/N-ethyl adjacent to an activating group) is 1. The van der Waals surface area contributed by atoms with Crippen LogP contribution < -0.4 is 14.5 Å². The number of nitrogens with zero attached hydrogens (tertiary/aromatic N) is 8. The predicted molar refractivity (Wildman–Crippen MR) is 168 cm³/mol. The van der Waals surface area contributed by atoms with Crippen molar-refractivity contribution in [3.8, 4) is 6.01 Å². The minimum Gasteiger partial charge on any atom is -0.462 e. The van der Waals surface area contributed by atoms with Gasteiger partial charge in [0.05, 0.1) is 24.1 Å². The van der Waals surface area contributed by atoms with Gasteiger partial charge in [-0.15, -0.1) is 0 Å². The monoisotopic (exact) mass is 598 g/mol. The van der Waals surface area contributed by atoms with E-state index in [-0.39, 0.29) is 13.1 Å². The van der Waals surface area contributed by atoms with E-state index >= 15 is 0 Å². The minimum absolute atomic E-state index is 0.0703. The molecule has 0 unspecified atom stereocenters. The number of amides is 1. The summed E-state index contributed by atoms with van der Waals surface area (Å²) in [6, 6.07) is 6.73. The van der Waals surface area contributed by atoms with E-state index in [0.717, 1.165) is 41.2 Å². The van der Waals surface area contributed by atoms with Gasteiger partial charge in [-0.3, -0.25) is 9.78 Å². The summed E-state index contributed by atoms with van der Waals surface area (Å²) in [5, 5.41) is 2.29. The summed E-state index contributed by atoms with van der Waals surface area (Å²) in [5.41, 5.74) is 4.21. The zero-order chi connectivity index (χ0) is 30.8. The van der Waals surface area contributed by atoms with Crippen LogP contribution in [0, 0.1) is 13.5 Å². The minimum atomic E-state index is -1.01. The first-order chi connectivity index (χ1) is 21.3. The highest BCUT2D eigenvalue weighted by Gasteiger charge is 2.36. The van der Waals surface area contributed by atoms with Crippen LogP contribution in [0.2, 0.25) is 0 Å². The molecule has 3 aliphatic rings. The molecule has 1 saturated carbocycles. The Morgan fingerprint density at radius 1 is 1.20 bits per heavy atom. The van der Waals surface area contributed by atoms with E-state index in [1.54, 1.807) is 0 Å². The molecule has 44 heavy (non-hydrogen) atoms. The second-order valence-corrected chi connectivity index (χ2v) is 12.0. The zero-order valence-electron chi connectivity index (χ0n) is 25.5. The Morgan fingerprint density at radius 2 is 2.05 bits per heavy atom. The Hall–Kier alpha value is -4.30. The van der Waals surface area contributed by atoms with Crippen LogP contribution in [0.5, 0.6) is 6.01 Å². The van der Waals surface area contributed by atoms with Gasteiger partial charge < -0.3 is 29.2 Å². The first-order valence-corrected chi connectivity index (χ1v) is 15.4. The number of benzene rings is 1. The van der Waals surface area contributed by atoms with Crippen molar-refractivity contribution in [3.05, 3.63) is 71.2 Å². The quantitative estimate of drug-likeness (QED) is 0.268. The summed E-state index contributed by atoms with van der Waals surface area (Å²) >= 11 is 0. The molecule has 1 aliphatic carbocycles. The lowest BCUT2D eigenvalue weighted by molar-refractivity contribution is -0.131. The van der Waals surface area contributed by atoms with Gasteiger partial charge in [-0.1, -0.05) is 31.2 Å². The van der Waals surface area contributed by atoms with Crippen LogP contribution in [0.15, 0.2) is 43.0 Å². The summed E-state index contributed by atoms with van der Waals surface area (Å²) < 4.78 is 20.0. The highest BCUT2D eigenvalue weighted by molar-refractivity contribution is 5.96. The second kappa shape index (κ2) is 12.7. The molecule has 0 N–H and O–H groups in total. The molecule has 0 bridgehead atoms. The van der Waals surface area contributed by atoms with Gasteiger partial charge in [0.15, 0.2) is 5.83 Å². The molecule has 230 valence electrons. The highest BCUT2D eigenvalue weighted by atomic mass is 19.1. The van der Waals surface area contributed by atoms with Crippen molar-refractivity contribution in [2.24, 2.45) is 0 Å². The van der Waals surface area contributed by atoms with E-state index in [4.69, 9.17) is 21.3 Å². The van der Waals surface area contributed by atoms with Gasteiger partial charge in [-0.25, -0.2) is 11.0 Å². The zero-order valence-corrected chi connectivity index (χ0v) is 25.5. The summed E-state index contributed by atoms with van der Waals surface area (Å²) in [4.78, 5) is 38.6. The van der Waals surface area contributed by atoms with E-state index in [2.05, 4.69) is 63.3 Å². The van der Waals surface area contributed by atoms with Crippen molar-refractivity contribution in [2.45, 2.75) is 51.2 Å². The highest BCUT2D eigenvalue weighted by Crippen LogP contribution is 2.35. The lowest BCUT2D eigenvalue weighted by Crippen LogP contribution is -2.57. The molecule has 4 heterocycles. The van der Waals surface area contributed by atoms with Crippen molar-refractivity contribution in [1.82, 2.24) is 24.8 Å². The summed E-state index contributed by atoms with van der Waals surface area (Å²) in [5.74, 6) is -0.990. The van der Waals surface area contributed by atoms with Crippen LogP contribution in [0.25, 0.3) is 15.6 Å². The van der Waals surface area contributed by atoms with Gasteiger partial charge in [0.2, 0.25) is 6.54 Å². The third kappa shape index (κ3) is 5.91. The number of pyridine rings is 1. The number of aryl methyl sites for hydroxylation is 1. The Morgan fingerprint density at radius 3 is 2.80 bits per heavy atom. The molecule has 1 saturated heterocycles. The van der Waals surface area contributed by atoms with Crippen molar-refractivity contribution in [3.63, 3.8) is 0 Å². The number of hydrogen-bond acceptors (Lipinski definition) is 8. The number of halogens is 1. The molecular formula is C33H39FN8O2. The molecule has 2 fully saturated rings. The third-order valence-electron chi connectivity index (χ3n) is 9.29. The van der Waals surface area contributed by atoms with E-state index in [1.807, 2.05) is 12.4 Å². The smallest absolute Gasteiger partial charge is 0.318 e. The van der Waals surface area contributed by atoms with Gasteiger partial charge >= 0.3 is 6.01 Å². The van der Waals surface area contributed by atoms with Crippen LogP contribution in [0.1, 0.15) is 36.1 Å². The Kier molecular flexibility index (Phi) is 8.62. The van der Waals surface area contributed by atoms with Crippen molar-refractivity contribution in [1.29, 1.82) is 0 Å². The van der Waals surface area contributed by atoms with Crippen LogP contribution in [-0.4, -0.2) is 95.7 Å². The van der Waals surface area contributed by atoms with Crippen LogP contribution in [-0.2, 0) is 17.8 Å². The fourth-order valence-electron chi connectivity index (χ4n) is 6.58. The maximum atomic E-state index is 13.8. The average Bonchev–Trinajstić information content (AvgIpc) is 2.99. The number of anilines is 2. The Balaban J connectivity index is 1.30. The number of hydrogen-bond donors (Lipinski definition) is 0. The normalized spacial score (nSPS) is 18.6. The number of fused-ring (bicyclic) bond motifs is 2. The lowest BCUT2D eigenvalue weighted by Gasteiger charge is -2.41. The molecule has 2 aliphatic heterocycles. The standard InChI is InChI=1S/C33H39FN8O2/c1-22-7-5-8-24-17-36-19-29(30(22)24)40-12-11-27-28(21-40)37-33(44-16-15-39(4)25-9-6-10-25)38-31(27)41-13-14-42(32(43)23(2)34)26(20-41)18-35-3/h5,7-8,17,19,25-26H,2,6,9-16,18,20-21H2,1,4H3/t26-/m0/s1. The van der Waals surface area contributed by atoms with E-state index in [0.29, 0.717) is 44.7 Å². The maximum Gasteiger partial charge on any atom is 0.318 e. The summed E-state index contributed by atoms with van der Waals surface area (Å²) in [6.07, 6.45) is 8.28. The van der Waals surface area contributed by atoms with Crippen molar-refractivity contribution < 1.29 is 13.9 Å². The number of rotatable bonds is 9. The van der Waals surface area contributed by atoms with Gasteiger partial charge in [0.25, 0.3) is 5.91 Å². The fourth-order valence-corrected chi connectivity index (χ4v) is 6.58. The summed E-state index contributed by atoms with van der Waals surface area (Å²) in [6.45, 7) is 16.5. The summed E-state index contributed by atoms with van der Waals surface area (Å²) in [7, 11) is 2.13. The molecule has 1 atom stereocenters. The fraction of sp³-hybridized carbons (Fsp3) is 0.485. The molecule has 10 nitrogen and oxygen atoms in total. The lowest BCUT2D eigenvalue weighted by atomic mass is 9.92. The number of carbonyl (C=O) groups is 1. The van der Waals surface area contributed by atoms with E-state index < -0.39 is 17.8 Å². The molecule has 0 spiro atoms. The number of aromatic nitrogens is 3. The van der Waals surface area contributed by atoms with Crippen molar-refractivity contribution >= 4 is 28.2 Å². The van der Waals surface area contributed by atoms with Crippen molar-refractivity contribution in [2.75, 3.05) is 62.7 Å². The van der Waals surface area contributed by atoms with Gasteiger partial charge in [0.1, 0.15) is 18.5 Å². The first-order valence-electron chi connectivity index (χ1n) is 15.4. The molecule has 0 radical (unpaired) electrons. The largest absolute Gasteiger partial charge is 0.462 e. The predicted octanol–water partition coefficient (Wildman–Crippen LogP) is 4.18.